The fraction of sp³-hybridized carbons (Fsp3) is 0.529. The highest BCUT2D eigenvalue weighted by Gasteiger charge is 2.23. The predicted octanol–water partition coefficient (Wildman–Crippen LogP) is 2.62. The third-order valence-corrected chi connectivity index (χ3v) is 3.74. The van der Waals surface area contributed by atoms with Crippen LogP contribution >= 0.6 is 11.6 Å². The van der Waals surface area contributed by atoms with Crippen LogP contribution in [0.15, 0.2) is 24.3 Å². The number of nitrogens with one attached hydrogen (secondary N) is 1. The Labute approximate surface area is 142 Å². The number of carbonyl (C=O) groups excluding carboxylic acids is 2. The zero-order valence-corrected chi connectivity index (χ0v) is 14.7. The lowest BCUT2D eigenvalue weighted by Gasteiger charge is -2.27. The second-order valence-corrected chi connectivity index (χ2v) is 5.73. The van der Waals surface area contributed by atoms with E-state index in [9.17, 15) is 9.59 Å². The van der Waals surface area contributed by atoms with Gasteiger partial charge in [0.05, 0.1) is 0 Å². The smallest absolute Gasteiger partial charge is 0.242 e. The van der Waals surface area contributed by atoms with Crippen molar-refractivity contribution in [3.8, 4) is 0 Å². The molecule has 0 aromatic heterocycles. The summed E-state index contributed by atoms with van der Waals surface area (Å²) < 4.78 is 5.22. The number of halogens is 1. The Morgan fingerprint density at radius 1 is 1.30 bits per heavy atom. The highest BCUT2D eigenvalue weighted by atomic mass is 35.5. The van der Waals surface area contributed by atoms with E-state index in [0.29, 0.717) is 31.3 Å². The van der Waals surface area contributed by atoms with E-state index in [0.717, 1.165) is 12.0 Å². The minimum absolute atomic E-state index is 0.142. The zero-order valence-electron chi connectivity index (χ0n) is 14.0. The molecule has 1 N–H and O–H groups in total. The normalized spacial score (nSPS) is 11.8. The van der Waals surface area contributed by atoms with Crippen LogP contribution < -0.4 is 5.32 Å². The lowest BCUT2D eigenvalue weighted by Crippen LogP contribution is -2.47. The molecule has 0 saturated heterocycles. The van der Waals surface area contributed by atoms with Crippen molar-refractivity contribution >= 4 is 23.4 Å². The van der Waals surface area contributed by atoms with Crippen LogP contribution in [0.5, 0.6) is 0 Å². The number of hydrogen-bond acceptors (Lipinski definition) is 3. The van der Waals surface area contributed by atoms with Gasteiger partial charge in [-0.2, -0.15) is 0 Å². The summed E-state index contributed by atoms with van der Waals surface area (Å²) in [5.74, 6) is -0.303. The van der Waals surface area contributed by atoms with Gasteiger partial charge in [0.15, 0.2) is 0 Å². The number of benzene rings is 1. The summed E-state index contributed by atoms with van der Waals surface area (Å²) in [5.41, 5.74) is 0.931. The molecule has 2 amide bonds. The molecule has 1 atom stereocenters. The highest BCUT2D eigenvalue weighted by Crippen LogP contribution is 2.13. The molecule has 1 aromatic carbocycles. The second kappa shape index (κ2) is 10.2. The van der Waals surface area contributed by atoms with Gasteiger partial charge in [-0.1, -0.05) is 23.7 Å². The minimum Gasteiger partial charge on any atom is -0.382 e. The SMILES string of the molecule is CCOCCCNC(=O)C(C)N(Cc1ccc(Cl)cc1)C(C)=O. The van der Waals surface area contributed by atoms with Crippen molar-refractivity contribution in [2.45, 2.75) is 39.8 Å². The van der Waals surface area contributed by atoms with Crippen LogP contribution in [0.1, 0.15) is 32.8 Å². The van der Waals surface area contributed by atoms with Gasteiger partial charge in [0.2, 0.25) is 11.8 Å². The molecule has 5 nitrogen and oxygen atoms in total. The maximum absolute atomic E-state index is 12.2. The topological polar surface area (TPSA) is 58.6 Å². The quantitative estimate of drug-likeness (QED) is 0.703. The molecule has 1 aromatic rings. The van der Waals surface area contributed by atoms with Gasteiger partial charge in [0.1, 0.15) is 6.04 Å². The third kappa shape index (κ3) is 7.01. The first kappa shape index (κ1) is 19.5. The first-order chi connectivity index (χ1) is 11.0. The average molecular weight is 341 g/mol. The zero-order chi connectivity index (χ0) is 17.2. The fourth-order valence-corrected chi connectivity index (χ4v) is 2.25. The molecule has 6 heteroatoms. The van der Waals surface area contributed by atoms with E-state index in [4.69, 9.17) is 16.3 Å². The van der Waals surface area contributed by atoms with Gasteiger partial charge < -0.3 is 15.0 Å². The number of nitrogens with zero attached hydrogens (tertiary/aromatic N) is 1. The van der Waals surface area contributed by atoms with Crippen LogP contribution in [0.4, 0.5) is 0 Å². The van der Waals surface area contributed by atoms with Gasteiger partial charge in [-0.25, -0.2) is 0 Å². The van der Waals surface area contributed by atoms with E-state index in [1.165, 1.54) is 6.92 Å². The lowest BCUT2D eigenvalue weighted by molar-refractivity contribution is -0.139. The summed E-state index contributed by atoms with van der Waals surface area (Å²) in [7, 11) is 0. The largest absolute Gasteiger partial charge is 0.382 e. The minimum atomic E-state index is -0.532. The summed E-state index contributed by atoms with van der Waals surface area (Å²) in [6.45, 7) is 7.33. The first-order valence-corrected chi connectivity index (χ1v) is 8.20. The molecule has 23 heavy (non-hydrogen) atoms. The maximum Gasteiger partial charge on any atom is 0.242 e. The van der Waals surface area contributed by atoms with Gasteiger partial charge in [-0.05, 0) is 38.0 Å². The number of ether oxygens (including phenoxy) is 1. The number of carbonyl (C=O) groups is 2. The van der Waals surface area contributed by atoms with Gasteiger partial charge in [0, 0.05) is 38.2 Å². The Balaban J connectivity index is 2.56. The van der Waals surface area contributed by atoms with Gasteiger partial charge in [-0.15, -0.1) is 0 Å². The summed E-state index contributed by atoms with van der Waals surface area (Å²) >= 11 is 5.86. The maximum atomic E-state index is 12.2. The van der Waals surface area contributed by atoms with E-state index in [2.05, 4.69) is 5.32 Å². The van der Waals surface area contributed by atoms with E-state index in [-0.39, 0.29) is 11.8 Å². The molecule has 0 aliphatic rings. The van der Waals surface area contributed by atoms with Gasteiger partial charge in [-0.3, -0.25) is 9.59 Å². The molecule has 1 rings (SSSR count). The summed E-state index contributed by atoms with van der Waals surface area (Å²) in [4.78, 5) is 25.6. The Hall–Kier alpha value is -1.59. The summed E-state index contributed by atoms with van der Waals surface area (Å²) in [5, 5.41) is 3.48. The highest BCUT2D eigenvalue weighted by molar-refractivity contribution is 6.30. The van der Waals surface area contributed by atoms with Crippen molar-refractivity contribution in [3.63, 3.8) is 0 Å². The molecule has 0 aliphatic carbocycles. The van der Waals surface area contributed by atoms with Crippen molar-refractivity contribution in [3.05, 3.63) is 34.9 Å². The Morgan fingerprint density at radius 3 is 2.52 bits per heavy atom. The Bertz CT molecular complexity index is 505. The lowest BCUT2D eigenvalue weighted by atomic mass is 10.1. The summed E-state index contributed by atoms with van der Waals surface area (Å²) in [6, 6.07) is 6.72. The standard InChI is InChI=1S/C17H25ClN2O3/c1-4-23-11-5-10-19-17(22)13(2)20(14(3)21)12-15-6-8-16(18)9-7-15/h6-9,13H,4-5,10-12H2,1-3H3,(H,19,22). The van der Waals surface area contributed by atoms with Crippen molar-refractivity contribution in [1.29, 1.82) is 0 Å². The van der Waals surface area contributed by atoms with E-state index in [1.54, 1.807) is 24.0 Å². The summed E-state index contributed by atoms with van der Waals surface area (Å²) in [6.07, 6.45) is 0.754. The molecule has 0 aliphatic heterocycles. The van der Waals surface area contributed by atoms with Gasteiger partial charge >= 0.3 is 0 Å². The van der Waals surface area contributed by atoms with E-state index in [1.807, 2.05) is 19.1 Å². The predicted molar refractivity (Wildman–Crippen MR) is 91.3 cm³/mol. The molecule has 0 radical (unpaired) electrons. The van der Waals surface area contributed by atoms with E-state index < -0.39 is 6.04 Å². The fourth-order valence-electron chi connectivity index (χ4n) is 2.13. The molecule has 0 fully saturated rings. The van der Waals surface area contributed by atoms with Crippen LogP contribution in [0.3, 0.4) is 0 Å². The van der Waals surface area contributed by atoms with Crippen LogP contribution in [0, 0.1) is 0 Å². The molecular formula is C17H25ClN2O3. The molecule has 128 valence electrons. The van der Waals surface area contributed by atoms with Crippen LogP contribution in [-0.2, 0) is 20.9 Å². The second-order valence-electron chi connectivity index (χ2n) is 5.29. The van der Waals surface area contributed by atoms with E-state index >= 15 is 0 Å². The number of rotatable bonds is 9. The van der Waals surface area contributed by atoms with Crippen LogP contribution in [0.2, 0.25) is 5.02 Å². The van der Waals surface area contributed by atoms with Crippen molar-refractivity contribution in [1.82, 2.24) is 10.2 Å². The molecular weight excluding hydrogens is 316 g/mol. The van der Waals surface area contributed by atoms with Gasteiger partial charge in [0.25, 0.3) is 0 Å². The molecule has 1 unspecified atom stereocenters. The Morgan fingerprint density at radius 2 is 1.96 bits per heavy atom. The van der Waals surface area contributed by atoms with Crippen molar-refractivity contribution in [2.24, 2.45) is 0 Å². The molecule has 0 saturated carbocycles. The monoisotopic (exact) mass is 340 g/mol. The van der Waals surface area contributed by atoms with Crippen molar-refractivity contribution in [2.75, 3.05) is 19.8 Å². The average Bonchev–Trinajstić information content (AvgIpc) is 2.53. The number of amides is 2. The van der Waals surface area contributed by atoms with Crippen LogP contribution in [-0.4, -0.2) is 42.5 Å². The number of hydrogen-bond donors (Lipinski definition) is 1. The Kier molecular flexibility index (Phi) is 8.66. The molecule has 0 bridgehead atoms. The third-order valence-electron chi connectivity index (χ3n) is 3.49. The first-order valence-electron chi connectivity index (χ1n) is 7.82. The molecule has 0 heterocycles. The van der Waals surface area contributed by atoms with Crippen LogP contribution in [0.25, 0.3) is 0 Å². The van der Waals surface area contributed by atoms with Crippen molar-refractivity contribution < 1.29 is 14.3 Å². The molecule has 0 spiro atoms.